The molecule has 0 unspecified atom stereocenters. The van der Waals surface area contributed by atoms with Gasteiger partial charge in [0.1, 0.15) is 5.82 Å². The van der Waals surface area contributed by atoms with Gasteiger partial charge in [-0.25, -0.2) is 4.98 Å². The Balaban J connectivity index is 1.47. The maximum atomic E-state index is 12.2. The minimum Gasteiger partial charge on any atom is -0.356 e. The summed E-state index contributed by atoms with van der Waals surface area (Å²) in [5, 5.41) is 3.03. The largest absolute Gasteiger partial charge is 0.356 e. The molecular weight excluding hydrogens is 304 g/mol. The maximum Gasteiger partial charge on any atom is 0.223 e. The molecule has 1 saturated heterocycles. The molecule has 0 aliphatic carbocycles. The normalized spacial score (nSPS) is 15.7. The Labute approximate surface area is 141 Å². The predicted molar refractivity (Wildman–Crippen MR) is 92.5 cm³/mol. The fourth-order valence-electron chi connectivity index (χ4n) is 3.27. The molecule has 6 heteroatoms. The van der Waals surface area contributed by atoms with Gasteiger partial charge in [0.2, 0.25) is 11.8 Å². The van der Waals surface area contributed by atoms with Crippen LogP contribution < -0.4 is 5.32 Å². The Morgan fingerprint density at radius 2 is 2.08 bits per heavy atom. The van der Waals surface area contributed by atoms with E-state index in [2.05, 4.69) is 27.4 Å². The van der Waals surface area contributed by atoms with Crippen LogP contribution in [-0.4, -0.2) is 46.3 Å². The van der Waals surface area contributed by atoms with Crippen LogP contribution in [0.2, 0.25) is 0 Å². The van der Waals surface area contributed by atoms with Crippen molar-refractivity contribution in [2.24, 2.45) is 5.92 Å². The van der Waals surface area contributed by atoms with Crippen LogP contribution in [0.15, 0.2) is 18.2 Å². The van der Waals surface area contributed by atoms with Crippen molar-refractivity contribution < 1.29 is 9.59 Å². The van der Waals surface area contributed by atoms with Crippen molar-refractivity contribution in [2.75, 3.05) is 19.6 Å². The van der Waals surface area contributed by atoms with Crippen molar-refractivity contribution in [3.05, 3.63) is 29.6 Å². The molecule has 3 rings (SSSR count). The highest BCUT2D eigenvalue weighted by Crippen LogP contribution is 2.17. The molecule has 0 atom stereocenters. The van der Waals surface area contributed by atoms with E-state index in [9.17, 15) is 9.59 Å². The quantitative estimate of drug-likeness (QED) is 0.898. The van der Waals surface area contributed by atoms with Gasteiger partial charge in [0, 0.05) is 32.5 Å². The summed E-state index contributed by atoms with van der Waals surface area (Å²) in [5.41, 5.74) is 3.18. The number of fused-ring (bicyclic) bond motifs is 1. The summed E-state index contributed by atoms with van der Waals surface area (Å²) in [4.78, 5) is 33.0. The number of piperidine rings is 1. The SMILES string of the molecule is CC(=O)N1CCC(C(=O)NCCc2ccc3nc(C)[nH]c3c2)CC1. The molecule has 0 spiro atoms. The summed E-state index contributed by atoms with van der Waals surface area (Å²) in [6.07, 6.45) is 2.31. The second-order valence-corrected chi connectivity index (χ2v) is 6.50. The third-order valence-corrected chi connectivity index (χ3v) is 4.69. The van der Waals surface area contributed by atoms with Crippen LogP contribution in [0, 0.1) is 12.8 Å². The number of aromatic amines is 1. The molecule has 2 N–H and O–H groups in total. The number of rotatable bonds is 4. The number of nitrogens with zero attached hydrogens (tertiary/aromatic N) is 2. The number of aryl methyl sites for hydroxylation is 1. The van der Waals surface area contributed by atoms with E-state index in [-0.39, 0.29) is 17.7 Å². The highest BCUT2D eigenvalue weighted by atomic mass is 16.2. The zero-order valence-corrected chi connectivity index (χ0v) is 14.3. The monoisotopic (exact) mass is 328 g/mol. The summed E-state index contributed by atoms with van der Waals surface area (Å²) in [6.45, 7) is 5.52. The van der Waals surface area contributed by atoms with Crippen LogP contribution >= 0.6 is 0 Å². The Bertz CT molecular complexity index is 745. The first-order chi connectivity index (χ1) is 11.5. The van der Waals surface area contributed by atoms with Gasteiger partial charge in [-0.05, 0) is 43.9 Å². The minimum atomic E-state index is 0.0262. The Morgan fingerprint density at radius 3 is 2.79 bits per heavy atom. The first-order valence-corrected chi connectivity index (χ1v) is 8.51. The lowest BCUT2D eigenvalue weighted by Crippen LogP contribution is -2.42. The molecule has 1 aliphatic rings. The van der Waals surface area contributed by atoms with E-state index in [1.807, 2.05) is 17.9 Å². The van der Waals surface area contributed by atoms with E-state index in [1.54, 1.807) is 6.92 Å². The molecule has 2 heterocycles. The summed E-state index contributed by atoms with van der Waals surface area (Å²) in [5.74, 6) is 1.14. The Morgan fingerprint density at radius 1 is 1.33 bits per heavy atom. The number of carbonyl (C=O) groups excluding carboxylic acids is 2. The van der Waals surface area contributed by atoms with E-state index < -0.39 is 0 Å². The molecule has 128 valence electrons. The summed E-state index contributed by atoms with van der Waals surface area (Å²) >= 11 is 0. The van der Waals surface area contributed by atoms with Crippen LogP contribution in [0.3, 0.4) is 0 Å². The van der Waals surface area contributed by atoms with Gasteiger partial charge in [0.15, 0.2) is 0 Å². The van der Waals surface area contributed by atoms with Crippen molar-refractivity contribution in [2.45, 2.75) is 33.1 Å². The number of likely N-dealkylation sites (tertiary alicyclic amines) is 1. The van der Waals surface area contributed by atoms with Crippen LogP contribution in [-0.2, 0) is 16.0 Å². The lowest BCUT2D eigenvalue weighted by Gasteiger charge is -2.30. The second-order valence-electron chi connectivity index (χ2n) is 6.50. The highest BCUT2D eigenvalue weighted by molar-refractivity contribution is 5.79. The number of amides is 2. The van der Waals surface area contributed by atoms with Crippen molar-refractivity contribution in [1.29, 1.82) is 0 Å². The topological polar surface area (TPSA) is 78.1 Å². The number of H-pyrrole nitrogens is 1. The van der Waals surface area contributed by atoms with Gasteiger partial charge in [-0.2, -0.15) is 0 Å². The van der Waals surface area contributed by atoms with Crippen LogP contribution in [0.25, 0.3) is 11.0 Å². The van der Waals surface area contributed by atoms with Crippen molar-refractivity contribution >= 4 is 22.8 Å². The fraction of sp³-hybridized carbons (Fsp3) is 0.500. The number of hydrogen-bond acceptors (Lipinski definition) is 3. The van der Waals surface area contributed by atoms with Gasteiger partial charge in [-0.1, -0.05) is 6.07 Å². The van der Waals surface area contributed by atoms with Crippen molar-refractivity contribution in [1.82, 2.24) is 20.2 Å². The van der Waals surface area contributed by atoms with Gasteiger partial charge >= 0.3 is 0 Å². The molecule has 2 aromatic rings. The van der Waals surface area contributed by atoms with Gasteiger partial charge < -0.3 is 15.2 Å². The number of hydrogen-bond donors (Lipinski definition) is 2. The summed E-state index contributed by atoms with van der Waals surface area (Å²) in [7, 11) is 0. The first-order valence-electron chi connectivity index (χ1n) is 8.51. The molecular formula is C18H24N4O2. The molecule has 6 nitrogen and oxygen atoms in total. The number of imidazole rings is 1. The Hall–Kier alpha value is -2.37. The third kappa shape index (κ3) is 3.75. The van der Waals surface area contributed by atoms with E-state index in [0.717, 1.165) is 36.1 Å². The predicted octanol–water partition coefficient (Wildman–Crippen LogP) is 1.79. The van der Waals surface area contributed by atoms with E-state index >= 15 is 0 Å². The fourth-order valence-corrected chi connectivity index (χ4v) is 3.27. The van der Waals surface area contributed by atoms with Crippen molar-refractivity contribution in [3.63, 3.8) is 0 Å². The number of carbonyl (C=O) groups is 2. The Kier molecular flexibility index (Phi) is 4.83. The third-order valence-electron chi connectivity index (χ3n) is 4.69. The summed E-state index contributed by atoms with van der Waals surface area (Å²) < 4.78 is 0. The summed E-state index contributed by atoms with van der Waals surface area (Å²) in [6, 6.07) is 6.15. The molecule has 0 radical (unpaired) electrons. The van der Waals surface area contributed by atoms with E-state index in [0.29, 0.717) is 19.6 Å². The molecule has 0 bridgehead atoms. The number of aromatic nitrogens is 2. The molecule has 1 aromatic carbocycles. The van der Waals surface area contributed by atoms with Gasteiger partial charge in [0.25, 0.3) is 0 Å². The first kappa shape index (κ1) is 16.5. The molecule has 2 amide bonds. The van der Waals surface area contributed by atoms with Crippen LogP contribution in [0.5, 0.6) is 0 Å². The standard InChI is InChI=1S/C18H24N4O2/c1-12-20-16-4-3-14(11-17(16)21-12)5-8-19-18(24)15-6-9-22(10-7-15)13(2)23/h3-4,11,15H,5-10H2,1-2H3,(H,19,24)(H,20,21). The van der Waals surface area contributed by atoms with Crippen LogP contribution in [0.1, 0.15) is 31.2 Å². The van der Waals surface area contributed by atoms with E-state index in [1.165, 1.54) is 5.56 Å². The van der Waals surface area contributed by atoms with Gasteiger partial charge in [-0.15, -0.1) is 0 Å². The average molecular weight is 328 g/mol. The lowest BCUT2D eigenvalue weighted by molar-refractivity contribution is -0.133. The number of benzene rings is 1. The molecule has 0 saturated carbocycles. The zero-order chi connectivity index (χ0) is 17.1. The van der Waals surface area contributed by atoms with Gasteiger partial charge in [0.05, 0.1) is 11.0 Å². The van der Waals surface area contributed by atoms with Crippen molar-refractivity contribution in [3.8, 4) is 0 Å². The molecule has 1 fully saturated rings. The van der Waals surface area contributed by atoms with Gasteiger partial charge in [-0.3, -0.25) is 9.59 Å². The molecule has 1 aliphatic heterocycles. The molecule has 1 aromatic heterocycles. The second kappa shape index (κ2) is 7.03. The minimum absolute atomic E-state index is 0.0262. The average Bonchev–Trinajstić information content (AvgIpc) is 2.94. The molecule has 24 heavy (non-hydrogen) atoms. The van der Waals surface area contributed by atoms with Crippen LogP contribution in [0.4, 0.5) is 0 Å². The lowest BCUT2D eigenvalue weighted by atomic mass is 9.96. The number of nitrogens with one attached hydrogen (secondary N) is 2. The highest BCUT2D eigenvalue weighted by Gasteiger charge is 2.25. The maximum absolute atomic E-state index is 12.2. The zero-order valence-electron chi connectivity index (χ0n) is 14.3. The van der Waals surface area contributed by atoms with E-state index in [4.69, 9.17) is 0 Å². The smallest absolute Gasteiger partial charge is 0.223 e.